The number of sulfonamides is 1. The van der Waals surface area contributed by atoms with Crippen molar-refractivity contribution in [2.75, 3.05) is 26.3 Å². The predicted molar refractivity (Wildman–Crippen MR) is 91.9 cm³/mol. The van der Waals surface area contributed by atoms with Crippen molar-refractivity contribution < 1.29 is 22.8 Å². The van der Waals surface area contributed by atoms with E-state index in [0.29, 0.717) is 19.4 Å². The molecule has 9 nitrogen and oxygen atoms in total. The fourth-order valence-corrected chi connectivity index (χ4v) is 4.92. The van der Waals surface area contributed by atoms with Crippen LogP contribution in [0.25, 0.3) is 0 Å². The summed E-state index contributed by atoms with van der Waals surface area (Å²) in [7, 11) is -4.06. The molecule has 2 aliphatic rings. The zero-order chi connectivity index (χ0) is 17.3. The van der Waals surface area contributed by atoms with Crippen molar-refractivity contribution in [3.05, 3.63) is 22.2 Å². The Kier molecular flexibility index (Phi) is 6.09. The topological polar surface area (TPSA) is 125 Å². The van der Waals surface area contributed by atoms with Crippen molar-refractivity contribution in [3.8, 4) is 11.5 Å². The summed E-state index contributed by atoms with van der Waals surface area (Å²) in [4.78, 5) is 10.3. The number of halogens is 1. The highest BCUT2D eigenvalue weighted by atomic mass is 35.5. The molecule has 1 aromatic rings. The number of benzene rings is 1. The van der Waals surface area contributed by atoms with E-state index in [4.69, 9.17) is 15.2 Å². The average Bonchev–Trinajstić information content (AvgIpc) is 2.60. The maximum atomic E-state index is 13.0. The molecule has 11 heteroatoms. The fourth-order valence-electron chi connectivity index (χ4n) is 3.06. The van der Waals surface area contributed by atoms with Gasteiger partial charge >= 0.3 is 0 Å². The van der Waals surface area contributed by atoms with Crippen LogP contribution >= 0.6 is 12.4 Å². The normalized spacial score (nSPS) is 20.6. The van der Waals surface area contributed by atoms with E-state index in [0.717, 1.165) is 12.5 Å². The number of hydrogen-bond acceptors (Lipinski definition) is 7. The number of piperidine rings is 1. The molecule has 0 bridgehead atoms. The third-order valence-electron chi connectivity index (χ3n) is 4.25. The van der Waals surface area contributed by atoms with Gasteiger partial charge in [0.15, 0.2) is 16.4 Å². The Labute approximate surface area is 151 Å². The summed E-state index contributed by atoms with van der Waals surface area (Å²) in [5, 5.41) is 11.4. The molecule has 1 unspecified atom stereocenters. The molecule has 0 saturated carbocycles. The van der Waals surface area contributed by atoms with E-state index in [-0.39, 0.29) is 54.6 Å². The SMILES string of the molecule is Cl.NCC1CCCCN1S(=O)(=O)c1cc2c(cc1[N+](=O)[O-])OCCO2. The third kappa shape index (κ3) is 3.66. The van der Waals surface area contributed by atoms with Gasteiger partial charge in [-0.15, -0.1) is 12.4 Å². The van der Waals surface area contributed by atoms with Gasteiger partial charge in [0.05, 0.1) is 11.0 Å². The molecule has 1 aromatic carbocycles. The standard InChI is InChI=1S/C14H19N3O6S.ClH/c15-9-10-3-1-2-4-16(10)24(20,21)14-8-13-12(22-5-6-23-13)7-11(14)17(18)19;/h7-8,10H,1-6,9,15H2;1H. The zero-order valence-electron chi connectivity index (χ0n) is 13.4. The van der Waals surface area contributed by atoms with Gasteiger partial charge in [-0.3, -0.25) is 10.1 Å². The van der Waals surface area contributed by atoms with E-state index < -0.39 is 20.6 Å². The van der Waals surface area contributed by atoms with Gasteiger partial charge in [-0.2, -0.15) is 4.31 Å². The fraction of sp³-hybridized carbons (Fsp3) is 0.571. The second kappa shape index (κ2) is 7.73. The van der Waals surface area contributed by atoms with Gasteiger partial charge in [-0.1, -0.05) is 6.42 Å². The summed E-state index contributed by atoms with van der Waals surface area (Å²) in [5.41, 5.74) is 5.18. The number of nitro benzene ring substituents is 1. The smallest absolute Gasteiger partial charge is 0.293 e. The Hall–Kier alpha value is -1.62. The van der Waals surface area contributed by atoms with E-state index >= 15 is 0 Å². The third-order valence-corrected chi connectivity index (χ3v) is 6.23. The summed E-state index contributed by atoms with van der Waals surface area (Å²) >= 11 is 0. The lowest BCUT2D eigenvalue weighted by Gasteiger charge is -2.33. The molecule has 0 aromatic heterocycles. The summed E-state index contributed by atoms with van der Waals surface area (Å²) in [5.74, 6) is 0.382. The van der Waals surface area contributed by atoms with Gasteiger partial charge in [0.1, 0.15) is 13.2 Å². The first kappa shape index (κ1) is 19.7. The van der Waals surface area contributed by atoms with Gasteiger partial charge in [0.25, 0.3) is 5.69 Å². The van der Waals surface area contributed by atoms with Crippen molar-refractivity contribution in [2.45, 2.75) is 30.2 Å². The molecular weight excluding hydrogens is 374 g/mol. The molecule has 1 atom stereocenters. The summed E-state index contributed by atoms with van der Waals surface area (Å²) < 4.78 is 38.0. The highest BCUT2D eigenvalue weighted by molar-refractivity contribution is 7.89. The molecule has 25 heavy (non-hydrogen) atoms. The second-order valence-corrected chi connectivity index (χ2v) is 7.58. The summed E-state index contributed by atoms with van der Waals surface area (Å²) in [6.07, 6.45) is 2.24. The maximum Gasteiger partial charge on any atom is 0.293 e. The Morgan fingerprint density at radius 2 is 1.88 bits per heavy atom. The Morgan fingerprint density at radius 1 is 1.24 bits per heavy atom. The van der Waals surface area contributed by atoms with Crippen LogP contribution in [0, 0.1) is 10.1 Å². The molecule has 2 N–H and O–H groups in total. The Balaban J connectivity index is 0.00000225. The molecule has 1 fully saturated rings. The van der Waals surface area contributed by atoms with Gasteiger partial charge in [0, 0.05) is 25.2 Å². The van der Waals surface area contributed by atoms with Crippen molar-refractivity contribution in [3.63, 3.8) is 0 Å². The molecular formula is C14H20ClN3O6S. The second-order valence-electron chi connectivity index (χ2n) is 5.72. The van der Waals surface area contributed by atoms with Gasteiger partial charge in [0.2, 0.25) is 10.0 Å². The monoisotopic (exact) mass is 393 g/mol. The molecule has 140 valence electrons. The molecule has 1 saturated heterocycles. The van der Waals surface area contributed by atoms with E-state index in [1.165, 1.54) is 10.4 Å². The van der Waals surface area contributed by atoms with Gasteiger partial charge in [-0.25, -0.2) is 8.42 Å². The number of nitrogens with zero attached hydrogens (tertiary/aromatic N) is 2. The first-order valence-electron chi connectivity index (χ1n) is 7.75. The van der Waals surface area contributed by atoms with E-state index in [1.54, 1.807) is 0 Å². The predicted octanol–water partition coefficient (Wildman–Crippen LogP) is 1.29. The maximum absolute atomic E-state index is 13.0. The van der Waals surface area contributed by atoms with E-state index in [1.807, 2.05) is 0 Å². The molecule has 2 aliphatic heterocycles. The number of fused-ring (bicyclic) bond motifs is 1. The molecule has 0 aliphatic carbocycles. The van der Waals surface area contributed by atoms with Crippen molar-refractivity contribution >= 4 is 28.1 Å². The van der Waals surface area contributed by atoms with Gasteiger partial charge < -0.3 is 15.2 Å². The molecule has 0 amide bonds. The van der Waals surface area contributed by atoms with Crippen molar-refractivity contribution in [1.29, 1.82) is 0 Å². The minimum Gasteiger partial charge on any atom is -0.486 e. The number of hydrogen-bond donors (Lipinski definition) is 1. The van der Waals surface area contributed by atoms with Crippen LogP contribution in [0.5, 0.6) is 11.5 Å². The van der Waals surface area contributed by atoms with Crippen LogP contribution in [0.2, 0.25) is 0 Å². The zero-order valence-corrected chi connectivity index (χ0v) is 15.1. The Morgan fingerprint density at radius 3 is 2.48 bits per heavy atom. The highest BCUT2D eigenvalue weighted by Gasteiger charge is 2.38. The number of nitrogens with two attached hydrogens (primary N) is 1. The minimum atomic E-state index is -4.06. The lowest BCUT2D eigenvalue weighted by atomic mass is 10.1. The van der Waals surface area contributed by atoms with Crippen molar-refractivity contribution in [1.82, 2.24) is 4.31 Å². The van der Waals surface area contributed by atoms with Crippen molar-refractivity contribution in [2.24, 2.45) is 5.73 Å². The van der Waals surface area contributed by atoms with E-state index in [9.17, 15) is 18.5 Å². The van der Waals surface area contributed by atoms with Crippen LogP contribution in [-0.4, -0.2) is 50.0 Å². The number of ether oxygens (including phenoxy) is 2. The average molecular weight is 394 g/mol. The van der Waals surface area contributed by atoms with Crippen LogP contribution in [-0.2, 0) is 10.0 Å². The largest absolute Gasteiger partial charge is 0.486 e. The van der Waals surface area contributed by atoms with E-state index in [2.05, 4.69) is 0 Å². The molecule has 2 heterocycles. The highest BCUT2D eigenvalue weighted by Crippen LogP contribution is 2.40. The molecule has 0 radical (unpaired) electrons. The van der Waals surface area contributed by atoms with Crippen LogP contribution in [0.3, 0.4) is 0 Å². The number of nitro groups is 1. The first-order valence-corrected chi connectivity index (χ1v) is 9.19. The molecule has 0 spiro atoms. The quantitative estimate of drug-likeness (QED) is 0.603. The van der Waals surface area contributed by atoms with Crippen LogP contribution in [0.15, 0.2) is 17.0 Å². The lowest BCUT2D eigenvalue weighted by Crippen LogP contribution is -2.47. The van der Waals surface area contributed by atoms with Crippen LogP contribution in [0.1, 0.15) is 19.3 Å². The van der Waals surface area contributed by atoms with Gasteiger partial charge in [-0.05, 0) is 12.8 Å². The minimum absolute atomic E-state index is 0. The van der Waals surface area contributed by atoms with Crippen LogP contribution in [0.4, 0.5) is 5.69 Å². The summed E-state index contributed by atoms with van der Waals surface area (Å²) in [6, 6.07) is 1.95. The van der Waals surface area contributed by atoms with Crippen LogP contribution < -0.4 is 15.2 Å². The Bertz CT molecular complexity index is 757. The molecule has 3 rings (SSSR count). The summed E-state index contributed by atoms with van der Waals surface area (Å²) in [6.45, 7) is 1.00. The number of rotatable bonds is 4. The first-order chi connectivity index (χ1) is 11.4. The lowest BCUT2D eigenvalue weighted by molar-refractivity contribution is -0.388.